The molecule has 2 aliphatic heterocycles. The van der Waals surface area contributed by atoms with Gasteiger partial charge in [-0.15, -0.1) is 0 Å². The van der Waals surface area contributed by atoms with Crippen molar-refractivity contribution in [3.8, 4) is 0 Å². The third kappa shape index (κ3) is 2.68. The molecule has 1 aromatic rings. The Bertz CT molecular complexity index is 611. The summed E-state index contributed by atoms with van der Waals surface area (Å²) in [6.07, 6.45) is 2.63. The molecule has 6 nitrogen and oxygen atoms in total. The van der Waals surface area contributed by atoms with E-state index in [4.69, 9.17) is 9.47 Å². The van der Waals surface area contributed by atoms with Crippen molar-refractivity contribution < 1.29 is 19.4 Å². The van der Waals surface area contributed by atoms with E-state index in [1.807, 2.05) is 18.2 Å². The fraction of sp³-hybridized carbons (Fsp3) is 0.611. The zero-order valence-corrected chi connectivity index (χ0v) is 14.5. The highest BCUT2D eigenvalue weighted by Gasteiger charge is 2.63. The van der Waals surface area contributed by atoms with Gasteiger partial charge in [-0.25, -0.2) is 0 Å². The van der Waals surface area contributed by atoms with Crippen LogP contribution in [0.2, 0.25) is 0 Å². The van der Waals surface area contributed by atoms with Gasteiger partial charge in [-0.2, -0.15) is 0 Å². The van der Waals surface area contributed by atoms with Crippen molar-refractivity contribution in [2.24, 2.45) is 0 Å². The number of ether oxygens (including phenoxy) is 2. The van der Waals surface area contributed by atoms with E-state index in [2.05, 4.69) is 0 Å². The van der Waals surface area contributed by atoms with Gasteiger partial charge in [-0.3, -0.25) is 4.74 Å². The molecular weight excluding hydrogens is 308 g/mol. The Kier molecular flexibility index (Phi) is 4.55. The van der Waals surface area contributed by atoms with E-state index >= 15 is 0 Å². The number of hydrogen-bond donors (Lipinski definition) is 0. The van der Waals surface area contributed by atoms with Crippen molar-refractivity contribution in [3.63, 3.8) is 0 Å². The first kappa shape index (κ1) is 17.2. The SMILES string of the molecule is CC1(C)N([O])C(c2ccccc2)=[N+]([O-])[C@@]1(C)COC1CCCCO1. The summed E-state index contributed by atoms with van der Waals surface area (Å²) in [4.78, 5) is 0. The molecule has 0 N–H and O–H groups in total. The molecule has 1 fully saturated rings. The summed E-state index contributed by atoms with van der Waals surface area (Å²) in [6, 6.07) is 9.05. The molecule has 0 amide bonds. The van der Waals surface area contributed by atoms with Crippen LogP contribution >= 0.6 is 0 Å². The van der Waals surface area contributed by atoms with Crippen LogP contribution in [0.4, 0.5) is 0 Å². The van der Waals surface area contributed by atoms with Gasteiger partial charge in [-0.1, -0.05) is 23.3 Å². The molecule has 131 valence electrons. The second-order valence-electron chi connectivity index (χ2n) is 7.22. The van der Waals surface area contributed by atoms with Gasteiger partial charge >= 0.3 is 5.84 Å². The van der Waals surface area contributed by atoms with Crippen molar-refractivity contribution in [2.45, 2.75) is 57.4 Å². The Labute approximate surface area is 142 Å². The first-order chi connectivity index (χ1) is 11.4. The summed E-state index contributed by atoms with van der Waals surface area (Å²) in [5, 5.41) is 26.7. The first-order valence-corrected chi connectivity index (χ1v) is 8.48. The maximum Gasteiger partial charge on any atom is 0.316 e. The normalized spacial score (nSPS) is 30.0. The van der Waals surface area contributed by atoms with Crippen LogP contribution in [0, 0.1) is 5.21 Å². The maximum atomic E-state index is 13.0. The molecule has 0 aromatic heterocycles. The number of nitrogens with zero attached hydrogens (tertiary/aromatic N) is 2. The second kappa shape index (κ2) is 6.35. The Hall–Kier alpha value is -1.63. The molecule has 0 spiro atoms. The topological polar surface area (TPSA) is 67.7 Å². The zero-order chi connectivity index (χ0) is 17.4. The monoisotopic (exact) mass is 333 g/mol. The number of hydrogen-bond acceptors (Lipinski definition) is 4. The molecule has 1 saturated heterocycles. The standard InChI is InChI=1S/C18H25N2O4/c1-17(2)18(3,13-24-15-11-7-8-12-23-15)20(22)16(19(17)21)14-9-5-4-6-10-14/h4-6,9-10,15H,7-8,11-13H2,1-3H3/t15?,18-/m0/s1. The van der Waals surface area contributed by atoms with E-state index < -0.39 is 11.1 Å². The minimum Gasteiger partial charge on any atom is -0.714 e. The van der Waals surface area contributed by atoms with Crippen LogP contribution in [-0.2, 0) is 14.7 Å². The summed E-state index contributed by atoms with van der Waals surface area (Å²) >= 11 is 0. The molecule has 0 aliphatic carbocycles. The molecule has 24 heavy (non-hydrogen) atoms. The Morgan fingerprint density at radius 1 is 1.29 bits per heavy atom. The number of hydroxylamine groups is 3. The van der Waals surface area contributed by atoms with E-state index in [1.165, 1.54) is 0 Å². The van der Waals surface area contributed by atoms with Crippen molar-refractivity contribution in [3.05, 3.63) is 41.1 Å². The number of amidine groups is 1. The van der Waals surface area contributed by atoms with Crippen molar-refractivity contribution in [1.82, 2.24) is 5.06 Å². The highest BCUT2D eigenvalue weighted by molar-refractivity contribution is 5.95. The van der Waals surface area contributed by atoms with E-state index in [1.54, 1.807) is 32.9 Å². The van der Waals surface area contributed by atoms with Crippen LogP contribution in [0.5, 0.6) is 0 Å². The van der Waals surface area contributed by atoms with Crippen LogP contribution in [0.15, 0.2) is 30.3 Å². The molecule has 1 unspecified atom stereocenters. The van der Waals surface area contributed by atoms with Crippen LogP contribution in [-0.4, -0.2) is 46.2 Å². The van der Waals surface area contributed by atoms with Crippen LogP contribution < -0.4 is 0 Å². The van der Waals surface area contributed by atoms with Crippen LogP contribution in [0.25, 0.3) is 0 Å². The van der Waals surface area contributed by atoms with Crippen molar-refractivity contribution >= 4 is 5.84 Å². The number of rotatable bonds is 4. The molecule has 6 heteroatoms. The molecular formula is C18H25N2O4. The quantitative estimate of drug-likeness (QED) is 0.627. The minimum absolute atomic E-state index is 0.135. The smallest absolute Gasteiger partial charge is 0.316 e. The fourth-order valence-electron chi connectivity index (χ4n) is 3.20. The van der Waals surface area contributed by atoms with Gasteiger partial charge in [0.25, 0.3) is 0 Å². The van der Waals surface area contributed by atoms with Gasteiger partial charge in [0.15, 0.2) is 17.4 Å². The lowest BCUT2D eigenvalue weighted by atomic mass is 9.83. The molecule has 0 saturated carbocycles. The summed E-state index contributed by atoms with van der Waals surface area (Å²) in [5.74, 6) is 0.135. The lowest BCUT2D eigenvalue weighted by Crippen LogP contribution is -2.58. The molecule has 1 radical (unpaired) electrons. The van der Waals surface area contributed by atoms with E-state index in [0.29, 0.717) is 12.2 Å². The average Bonchev–Trinajstić information content (AvgIpc) is 2.73. The van der Waals surface area contributed by atoms with Crippen LogP contribution in [0.1, 0.15) is 45.6 Å². The third-order valence-electron chi connectivity index (χ3n) is 5.38. The molecule has 2 atom stereocenters. The summed E-state index contributed by atoms with van der Waals surface area (Å²) < 4.78 is 12.3. The Morgan fingerprint density at radius 3 is 2.62 bits per heavy atom. The fourth-order valence-corrected chi connectivity index (χ4v) is 3.20. The second-order valence-corrected chi connectivity index (χ2v) is 7.22. The third-order valence-corrected chi connectivity index (χ3v) is 5.38. The van der Waals surface area contributed by atoms with Gasteiger partial charge in [0.05, 0.1) is 12.2 Å². The van der Waals surface area contributed by atoms with E-state index in [-0.39, 0.29) is 18.7 Å². The molecule has 3 rings (SSSR count). The molecule has 2 heterocycles. The van der Waals surface area contributed by atoms with Crippen LogP contribution in [0.3, 0.4) is 0 Å². The lowest BCUT2D eigenvalue weighted by molar-refractivity contribution is -0.552. The average molecular weight is 333 g/mol. The van der Waals surface area contributed by atoms with Gasteiger partial charge in [0.1, 0.15) is 0 Å². The van der Waals surface area contributed by atoms with Gasteiger partial charge < -0.3 is 14.7 Å². The molecule has 2 aliphatic rings. The van der Waals surface area contributed by atoms with Gasteiger partial charge in [-0.05, 0) is 52.2 Å². The molecule has 0 bridgehead atoms. The molecule has 1 aromatic carbocycles. The highest BCUT2D eigenvalue weighted by Crippen LogP contribution is 2.38. The van der Waals surface area contributed by atoms with Gasteiger partial charge in [0, 0.05) is 11.8 Å². The van der Waals surface area contributed by atoms with Gasteiger partial charge in [0.2, 0.25) is 0 Å². The van der Waals surface area contributed by atoms with Crippen molar-refractivity contribution in [2.75, 3.05) is 13.2 Å². The Balaban J connectivity index is 1.88. The Morgan fingerprint density at radius 2 is 2.00 bits per heavy atom. The number of benzene rings is 1. The first-order valence-electron chi connectivity index (χ1n) is 8.48. The zero-order valence-electron chi connectivity index (χ0n) is 14.5. The maximum absolute atomic E-state index is 13.0. The predicted octanol–water partition coefficient (Wildman–Crippen LogP) is 2.69. The highest BCUT2D eigenvalue weighted by atomic mass is 16.7. The minimum atomic E-state index is -0.999. The van der Waals surface area contributed by atoms with Crippen molar-refractivity contribution in [1.29, 1.82) is 0 Å². The summed E-state index contributed by atoms with van der Waals surface area (Å²) in [5.41, 5.74) is -1.30. The summed E-state index contributed by atoms with van der Waals surface area (Å²) in [6.45, 7) is 6.17. The lowest BCUT2D eigenvalue weighted by Gasteiger charge is -2.37. The predicted molar refractivity (Wildman–Crippen MR) is 88.7 cm³/mol. The van der Waals surface area contributed by atoms with E-state index in [9.17, 15) is 10.4 Å². The largest absolute Gasteiger partial charge is 0.714 e. The summed E-state index contributed by atoms with van der Waals surface area (Å²) in [7, 11) is 0. The van der Waals surface area contributed by atoms with E-state index in [0.717, 1.165) is 29.1 Å².